The Morgan fingerprint density at radius 1 is 1.16 bits per heavy atom. The van der Waals surface area contributed by atoms with Gasteiger partial charge >= 0.3 is 12.1 Å². The van der Waals surface area contributed by atoms with Gasteiger partial charge in [-0.2, -0.15) is 9.67 Å². The molecule has 32 heavy (non-hydrogen) atoms. The first kappa shape index (κ1) is 20.7. The molecule has 0 aliphatic carbocycles. The van der Waals surface area contributed by atoms with Crippen LogP contribution >= 0.6 is 0 Å². The van der Waals surface area contributed by atoms with Gasteiger partial charge in [-0.05, 0) is 42.8 Å². The number of alkyl carbamates (subject to hydrolysis) is 1. The number of hydrogen-bond donors (Lipinski definition) is 3. The first-order valence-electron chi connectivity index (χ1n) is 9.72. The van der Waals surface area contributed by atoms with Crippen LogP contribution in [0.5, 0.6) is 0 Å². The maximum atomic E-state index is 11.5. The summed E-state index contributed by atoms with van der Waals surface area (Å²) in [5.74, 6) is -0.756. The highest BCUT2D eigenvalue weighted by Crippen LogP contribution is 2.19. The number of anilines is 2. The minimum absolute atomic E-state index is 0.149. The van der Waals surface area contributed by atoms with Gasteiger partial charge in [-0.1, -0.05) is 23.4 Å². The van der Waals surface area contributed by atoms with Crippen molar-refractivity contribution in [3.8, 4) is 5.69 Å². The van der Waals surface area contributed by atoms with Crippen molar-refractivity contribution in [2.45, 2.75) is 13.5 Å². The lowest BCUT2D eigenvalue weighted by Gasteiger charge is -2.08. The summed E-state index contributed by atoms with van der Waals surface area (Å²) in [6.07, 6.45) is 1.04. The van der Waals surface area contributed by atoms with E-state index in [1.54, 1.807) is 23.7 Å². The maximum Gasteiger partial charge on any atom is 0.407 e. The third-order valence-electron chi connectivity index (χ3n) is 4.43. The number of fused-ring (bicyclic) bond motifs is 1. The number of aromatic carboxylic acids is 1. The van der Waals surface area contributed by atoms with Gasteiger partial charge in [0.1, 0.15) is 0 Å². The van der Waals surface area contributed by atoms with E-state index in [1.165, 1.54) is 18.3 Å². The Kier molecular flexibility index (Phi) is 5.88. The van der Waals surface area contributed by atoms with Crippen LogP contribution in [0.2, 0.25) is 0 Å². The van der Waals surface area contributed by atoms with Gasteiger partial charge < -0.3 is 20.5 Å². The van der Waals surface area contributed by atoms with Gasteiger partial charge in [0.2, 0.25) is 5.95 Å². The van der Waals surface area contributed by atoms with E-state index in [0.29, 0.717) is 35.7 Å². The third-order valence-corrected chi connectivity index (χ3v) is 4.43. The fourth-order valence-corrected chi connectivity index (χ4v) is 2.98. The second kappa shape index (κ2) is 9.08. The number of nitrogens with one attached hydrogen (secondary N) is 2. The number of carboxylic acids is 1. The van der Waals surface area contributed by atoms with Gasteiger partial charge in [0, 0.05) is 12.2 Å². The van der Waals surface area contributed by atoms with E-state index < -0.39 is 12.1 Å². The highest BCUT2D eigenvalue weighted by atomic mass is 16.5. The minimum Gasteiger partial charge on any atom is -0.478 e. The van der Waals surface area contributed by atoms with Crippen molar-refractivity contribution >= 4 is 34.9 Å². The highest BCUT2D eigenvalue weighted by Gasteiger charge is 2.12. The van der Waals surface area contributed by atoms with Crippen molar-refractivity contribution in [2.75, 3.05) is 11.9 Å². The Bertz CT molecular complexity index is 1290. The molecule has 0 atom stereocenters. The molecule has 0 aliphatic rings. The Morgan fingerprint density at radius 2 is 2.00 bits per heavy atom. The molecule has 11 heteroatoms. The van der Waals surface area contributed by atoms with E-state index in [2.05, 4.69) is 30.9 Å². The molecule has 0 aliphatic heterocycles. The fourth-order valence-electron chi connectivity index (χ4n) is 2.98. The van der Waals surface area contributed by atoms with Crippen LogP contribution in [0.4, 0.5) is 16.4 Å². The molecule has 162 valence electrons. The molecule has 3 N–H and O–H groups in total. The predicted octanol–water partition coefficient (Wildman–Crippen LogP) is 2.90. The highest BCUT2D eigenvalue weighted by molar-refractivity contribution is 5.89. The topological polar surface area (TPSA) is 144 Å². The standard InChI is InChI=1S/C21H19N7O4/c1-2-32-21(31)23-11-13-5-3-8-16(9-13)28-18-17(26-27-28)12-22-20(25-18)24-15-7-4-6-14(10-15)19(29)30/h3-10,12H,2,11H2,1H3,(H,23,31)(H,29,30)(H,22,24,25). The zero-order valence-electron chi connectivity index (χ0n) is 17.0. The second-order valence-corrected chi connectivity index (χ2v) is 6.66. The maximum absolute atomic E-state index is 11.5. The lowest BCUT2D eigenvalue weighted by Crippen LogP contribution is -2.23. The van der Waals surface area contributed by atoms with Crippen molar-refractivity contribution < 1.29 is 19.4 Å². The number of carboxylic acid groups (broad SMARTS) is 1. The molecule has 0 saturated carbocycles. The zero-order chi connectivity index (χ0) is 22.5. The number of hydrogen-bond acceptors (Lipinski definition) is 8. The average Bonchev–Trinajstić information content (AvgIpc) is 3.21. The van der Waals surface area contributed by atoms with Gasteiger partial charge in [-0.15, -0.1) is 5.10 Å². The number of carbonyl (C=O) groups excluding carboxylic acids is 1. The van der Waals surface area contributed by atoms with Gasteiger partial charge in [0.15, 0.2) is 11.2 Å². The van der Waals surface area contributed by atoms with Crippen LogP contribution in [0.25, 0.3) is 16.9 Å². The van der Waals surface area contributed by atoms with E-state index in [1.807, 2.05) is 24.3 Å². The summed E-state index contributed by atoms with van der Waals surface area (Å²) < 4.78 is 6.43. The largest absolute Gasteiger partial charge is 0.478 e. The van der Waals surface area contributed by atoms with Crippen molar-refractivity contribution in [1.82, 2.24) is 30.3 Å². The minimum atomic E-state index is -1.02. The van der Waals surface area contributed by atoms with E-state index in [4.69, 9.17) is 9.84 Å². The molecule has 2 aromatic carbocycles. The second-order valence-electron chi connectivity index (χ2n) is 6.66. The van der Waals surface area contributed by atoms with E-state index in [9.17, 15) is 9.59 Å². The van der Waals surface area contributed by atoms with Crippen molar-refractivity contribution in [3.63, 3.8) is 0 Å². The number of nitrogens with zero attached hydrogens (tertiary/aromatic N) is 5. The fraction of sp³-hybridized carbons (Fsp3) is 0.143. The lowest BCUT2D eigenvalue weighted by atomic mass is 10.2. The number of ether oxygens (including phenoxy) is 1. The summed E-state index contributed by atoms with van der Waals surface area (Å²) in [6.45, 7) is 2.33. The molecule has 0 bridgehead atoms. The van der Waals surface area contributed by atoms with E-state index in [0.717, 1.165) is 5.56 Å². The quantitative estimate of drug-likeness (QED) is 0.400. The Hall–Kier alpha value is -4.54. The normalized spacial score (nSPS) is 10.7. The number of rotatable bonds is 7. The van der Waals surface area contributed by atoms with Crippen molar-refractivity contribution in [1.29, 1.82) is 0 Å². The summed E-state index contributed by atoms with van der Waals surface area (Å²) in [4.78, 5) is 31.4. The van der Waals surface area contributed by atoms with Crippen LogP contribution in [0.1, 0.15) is 22.8 Å². The summed E-state index contributed by atoms with van der Waals surface area (Å²) >= 11 is 0. The number of benzene rings is 2. The van der Waals surface area contributed by atoms with Crippen LogP contribution in [-0.2, 0) is 11.3 Å². The van der Waals surface area contributed by atoms with E-state index >= 15 is 0 Å². The molecule has 0 saturated heterocycles. The summed E-state index contributed by atoms with van der Waals surface area (Å²) in [7, 11) is 0. The summed E-state index contributed by atoms with van der Waals surface area (Å²) in [5.41, 5.74) is 3.19. The lowest BCUT2D eigenvalue weighted by molar-refractivity contribution is 0.0697. The molecule has 0 unspecified atom stereocenters. The van der Waals surface area contributed by atoms with Crippen molar-refractivity contribution in [2.24, 2.45) is 0 Å². The number of aromatic nitrogens is 5. The number of carbonyl (C=O) groups is 2. The molecule has 0 spiro atoms. The predicted molar refractivity (Wildman–Crippen MR) is 115 cm³/mol. The molecule has 4 rings (SSSR count). The Balaban J connectivity index is 1.59. The van der Waals surface area contributed by atoms with Gasteiger partial charge in [-0.3, -0.25) is 0 Å². The molecule has 1 amide bonds. The molecule has 0 radical (unpaired) electrons. The summed E-state index contributed by atoms with van der Waals surface area (Å²) in [5, 5.41) is 23.1. The zero-order valence-corrected chi connectivity index (χ0v) is 17.0. The number of amides is 1. The molecule has 4 aromatic rings. The average molecular weight is 433 g/mol. The molecule has 2 aromatic heterocycles. The third kappa shape index (κ3) is 4.61. The smallest absolute Gasteiger partial charge is 0.407 e. The Morgan fingerprint density at radius 3 is 2.81 bits per heavy atom. The molecular formula is C21H19N7O4. The van der Waals surface area contributed by atoms with E-state index in [-0.39, 0.29) is 11.5 Å². The van der Waals surface area contributed by atoms with Gasteiger partial charge in [-0.25, -0.2) is 14.6 Å². The van der Waals surface area contributed by atoms with Gasteiger partial charge in [0.05, 0.1) is 24.1 Å². The first-order valence-corrected chi connectivity index (χ1v) is 9.72. The van der Waals surface area contributed by atoms with Crippen molar-refractivity contribution in [3.05, 3.63) is 65.9 Å². The molecule has 2 heterocycles. The Labute approximate surface area is 182 Å². The van der Waals surface area contributed by atoms with Crippen LogP contribution in [0.3, 0.4) is 0 Å². The van der Waals surface area contributed by atoms with Gasteiger partial charge in [0.25, 0.3) is 0 Å². The van der Waals surface area contributed by atoms with Crippen LogP contribution < -0.4 is 10.6 Å². The SMILES string of the molecule is CCOC(=O)NCc1cccc(-n2nnc3cnc(Nc4cccc(C(=O)O)c4)nc32)c1. The van der Waals surface area contributed by atoms with Crippen LogP contribution in [0, 0.1) is 0 Å². The van der Waals surface area contributed by atoms with Crippen LogP contribution in [-0.4, -0.2) is 48.7 Å². The first-order chi connectivity index (χ1) is 15.5. The monoisotopic (exact) mass is 433 g/mol. The molecule has 11 nitrogen and oxygen atoms in total. The molecular weight excluding hydrogens is 414 g/mol. The van der Waals surface area contributed by atoms with Crippen LogP contribution in [0.15, 0.2) is 54.7 Å². The molecule has 0 fully saturated rings. The summed E-state index contributed by atoms with van der Waals surface area (Å²) in [6, 6.07) is 13.7.